The maximum absolute atomic E-state index is 12.6. The summed E-state index contributed by atoms with van der Waals surface area (Å²) in [7, 11) is 0. The first-order valence-corrected chi connectivity index (χ1v) is 10.5. The lowest BCUT2D eigenvalue weighted by molar-refractivity contribution is -0.0233. The first-order valence-electron chi connectivity index (χ1n) is 9.70. The Morgan fingerprint density at radius 2 is 2.21 bits per heavy atom. The molecule has 2 amide bonds. The largest absolute Gasteiger partial charge is 0.487 e. The maximum Gasteiger partial charge on any atom is 0.409 e. The van der Waals surface area contributed by atoms with Crippen molar-refractivity contribution in [1.29, 1.82) is 0 Å². The van der Waals surface area contributed by atoms with Crippen LogP contribution in [0.1, 0.15) is 48.4 Å². The fraction of sp³-hybridized carbons (Fsp3) is 0.450. The molecule has 1 fully saturated rings. The number of carbonyl (C=O) groups is 2. The second-order valence-corrected chi connectivity index (χ2v) is 8.24. The van der Waals surface area contributed by atoms with Gasteiger partial charge >= 0.3 is 6.09 Å². The van der Waals surface area contributed by atoms with Crippen molar-refractivity contribution in [2.45, 2.75) is 37.8 Å². The number of hydrogen-bond donors (Lipinski definition) is 2. The molecule has 154 valence electrons. The van der Waals surface area contributed by atoms with Gasteiger partial charge < -0.3 is 24.7 Å². The number of rotatable bonds is 3. The van der Waals surface area contributed by atoms with Crippen LogP contribution >= 0.6 is 15.9 Å². The second kappa shape index (κ2) is 8.06. The van der Waals surface area contributed by atoms with Crippen LogP contribution in [0.25, 0.3) is 0 Å². The zero-order valence-corrected chi connectivity index (χ0v) is 17.7. The molecule has 29 heavy (non-hydrogen) atoms. The number of aromatic nitrogens is 2. The van der Waals surface area contributed by atoms with Crippen LogP contribution in [0.15, 0.2) is 35.1 Å². The lowest BCUT2D eigenvalue weighted by atomic mass is 9.80. The number of nitrogens with zero attached hydrogens (tertiary/aromatic N) is 2. The van der Waals surface area contributed by atoms with Crippen molar-refractivity contribution in [1.82, 2.24) is 20.2 Å². The fourth-order valence-electron chi connectivity index (χ4n) is 4.00. The summed E-state index contributed by atoms with van der Waals surface area (Å²) in [5, 5.41) is 3.09. The van der Waals surface area contributed by atoms with E-state index in [-0.39, 0.29) is 23.9 Å². The van der Waals surface area contributed by atoms with Crippen molar-refractivity contribution in [3.63, 3.8) is 0 Å². The minimum atomic E-state index is -0.440. The highest BCUT2D eigenvalue weighted by atomic mass is 79.9. The van der Waals surface area contributed by atoms with Crippen molar-refractivity contribution < 1.29 is 19.1 Å². The molecule has 1 aromatic carbocycles. The van der Waals surface area contributed by atoms with E-state index in [9.17, 15) is 9.59 Å². The van der Waals surface area contributed by atoms with Gasteiger partial charge in [0.15, 0.2) is 5.82 Å². The third-order valence-corrected chi connectivity index (χ3v) is 5.96. The van der Waals surface area contributed by atoms with Crippen LogP contribution < -0.4 is 10.1 Å². The van der Waals surface area contributed by atoms with Gasteiger partial charge in [0.2, 0.25) is 0 Å². The number of ether oxygens (including phenoxy) is 2. The zero-order valence-electron chi connectivity index (χ0n) is 16.1. The van der Waals surface area contributed by atoms with Gasteiger partial charge in [-0.05, 0) is 25.1 Å². The van der Waals surface area contributed by atoms with Gasteiger partial charge in [-0.3, -0.25) is 4.79 Å². The van der Waals surface area contributed by atoms with Crippen LogP contribution in [0, 0.1) is 0 Å². The maximum atomic E-state index is 12.6. The van der Waals surface area contributed by atoms with Crippen molar-refractivity contribution in [3.8, 4) is 5.75 Å². The number of benzene rings is 1. The second-order valence-electron chi connectivity index (χ2n) is 7.32. The number of likely N-dealkylation sites (tertiary alicyclic amines) is 1. The van der Waals surface area contributed by atoms with Gasteiger partial charge in [0.05, 0.1) is 12.6 Å². The molecular weight excluding hydrogens is 440 g/mol. The smallest absolute Gasteiger partial charge is 0.409 e. The molecule has 4 rings (SSSR count). The number of amides is 2. The standard InChI is InChI=1S/C20H23BrN4O4/c1-2-28-19(27)25-9-5-20(6-10-25)12-15(24-18(26)17-22-7-8-23-17)14-11-13(21)3-4-16(14)29-20/h3-4,7-8,11,15H,2,5-6,9-10,12H2,1H3,(H,22,23)(H,24,26)/t15-/m0/s1. The number of fused-ring (bicyclic) bond motifs is 1. The van der Waals surface area contributed by atoms with Crippen molar-refractivity contribution in [2.75, 3.05) is 19.7 Å². The predicted octanol–water partition coefficient (Wildman–Crippen LogP) is 3.42. The van der Waals surface area contributed by atoms with Gasteiger partial charge in [-0.1, -0.05) is 15.9 Å². The van der Waals surface area contributed by atoms with Crippen molar-refractivity contribution in [2.24, 2.45) is 0 Å². The monoisotopic (exact) mass is 462 g/mol. The average molecular weight is 463 g/mol. The van der Waals surface area contributed by atoms with E-state index in [1.165, 1.54) is 0 Å². The lowest BCUT2D eigenvalue weighted by Crippen LogP contribution is -2.53. The summed E-state index contributed by atoms with van der Waals surface area (Å²) in [5.41, 5.74) is 0.489. The number of nitrogens with one attached hydrogen (secondary N) is 2. The Morgan fingerprint density at radius 1 is 1.41 bits per heavy atom. The van der Waals surface area contributed by atoms with E-state index in [1.54, 1.807) is 24.2 Å². The summed E-state index contributed by atoms with van der Waals surface area (Å²) in [6.07, 6.45) is 4.86. The molecule has 9 heteroatoms. The molecule has 0 saturated carbocycles. The molecule has 2 aliphatic rings. The Labute approximate surface area is 177 Å². The van der Waals surface area contributed by atoms with Crippen LogP contribution in [0.2, 0.25) is 0 Å². The molecule has 1 aromatic heterocycles. The van der Waals surface area contributed by atoms with E-state index in [4.69, 9.17) is 9.47 Å². The van der Waals surface area contributed by atoms with Gasteiger partial charge in [0.1, 0.15) is 11.4 Å². The zero-order chi connectivity index (χ0) is 20.4. The summed E-state index contributed by atoms with van der Waals surface area (Å²) in [6.45, 7) is 3.28. The lowest BCUT2D eigenvalue weighted by Gasteiger charge is -2.46. The Hall–Kier alpha value is -2.55. The number of aromatic amines is 1. The SMILES string of the molecule is CCOC(=O)N1CCC2(CC1)C[C@H](NC(=O)c1ncc[nH]1)c1cc(Br)ccc1O2. The summed E-state index contributed by atoms with van der Waals surface area (Å²) in [5.74, 6) is 0.778. The van der Waals surface area contributed by atoms with Crippen LogP contribution in [0.3, 0.4) is 0 Å². The van der Waals surface area contributed by atoms with Crippen LogP contribution in [-0.4, -0.2) is 52.2 Å². The molecule has 0 radical (unpaired) electrons. The topological polar surface area (TPSA) is 96.5 Å². The Bertz CT molecular complexity index is 894. The fourth-order valence-corrected chi connectivity index (χ4v) is 4.38. The van der Waals surface area contributed by atoms with Gasteiger partial charge in [0.25, 0.3) is 5.91 Å². The normalized spacial score (nSPS) is 19.9. The summed E-state index contributed by atoms with van der Waals surface area (Å²) < 4.78 is 12.5. The number of H-pyrrole nitrogens is 1. The minimum absolute atomic E-state index is 0.219. The summed E-state index contributed by atoms with van der Waals surface area (Å²) in [6, 6.07) is 5.60. The first-order chi connectivity index (χ1) is 14.0. The Morgan fingerprint density at radius 3 is 2.90 bits per heavy atom. The number of carbonyl (C=O) groups excluding carboxylic acids is 2. The predicted molar refractivity (Wildman–Crippen MR) is 109 cm³/mol. The number of hydrogen-bond acceptors (Lipinski definition) is 5. The number of halogens is 1. The third-order valence-electron chi connectivity index (χ3n) is 5.47. The van der Waals surface area contributed by atoms with E-state index in [1.807, 2.05) is 18.2 Å². The van der Waals surface area contributed by atoms with E-state index in [0.29, 0.717) is 39.0 Å². The van der Waals surface area contributed by atoms with Crippen LogP contribution in [0.5, 0.6) is 5.75 Å². The molecule has 0 unspecified atom stereocenters. The molecule has 8 nitrogen and oxygen atoms in total. The van der Waals surface area contributed by atoms with Crippen LogP contribution in [0.4, 0.5) is 4.79 Å². The molecule has 0 aliphatic carbocycles. The van der Waals surface area contributed by atoms with Crippen molar-refractivity contribution in [3.05, 3.63) is 46.5 Å². The average Bonchev–Trinajstić information content (AvgIpc) is 3.24. The van der Waals surface area contributed by atoms with Gasteiger partial charge in [0, 0.05) is 54.8 Å². The van der Waals surface area contributed by atoms with Gasteiger partial charge in [-0.2, -0.15) is 0 Å². The number of imidazole rings is 1. The van der Waals surface area contributed by atoms with Crippen molar-refractivity contribution >= 4 is 27.9 Å². The Balaban J connectivity index is 1.55. The molecule has 1 atom stereocenters. The quantitative estimate of drug-likeness (QED) is 0.728. The highest BCUT2D eigenvalue weighted by molar-refractivity contribution is 9.10. The molecule has 2 N–H and O–H groups in total. The van der Waals surface area contributed by atoms with Crippen LogP contribution in [-0.2, 0) is 4.74 Å². The summed E-state index contributed by atoms with van der Waals surface area (Å²) >= 11 is 3.50. The Kier molecular flexibility index (Phi) is 5.49. The molecule has 0 bridgehead atoms. The van der Waals surface area contributed by atoms with Gasteiger partial charge in [-0.25, -0.2) is 9.78 Å². The van der Waals surface area contributed by atoms with Gasteiger partial charge in [-0.15, -0.1) is 0 Å². The molecular formula is C20H23BrN4O4. The van der Waals surface area contributed by atoms with E-state index < -0.39 is 5.60 Å². The molecule has 1 saturated heterocycles. The third kappa shape index (κ3) is 4.10. The van der Waals surface area contributed by atoms with E-state index in [2.05, 4.69) is 31.2 Å². The molecule has 2 aliphatic heterocycles. The highest BCUT2D eigenvalue weighted by Crippen LogP contribution is 2.45. The minimum Gasteiger partial charge on any atom is -0.487 e. The molecule has 2 aromatic rings. The molecule has 1 spiro atoms. The highest BCUT2D eigenvalue weighted by Gasteiger charge is 2.44. The molecule has 3 heterocycles. The number of piperidine rings is 1. The summed E-state index contributed by atoms with van der Waals surface area (Å²) in [4.78, 5) is 33.3. The van der Waals surface area contributed by atoms with E-state index in [0.717, 1.165) is 15.8 Å². The first kappa shape index (κ1) is 19.8. The van der Waals surface area contributed by atoms with E-state index >= 15 is 0 Å².